The van der Waals surface area contributed by atoms with E-state index in [1.807, 2.05) is 19.1 Å². The third-order valence-electron chi connectivity index (χ3n) is 2.94. The van der Waals surface area contributed by atoms with Crippen molar-refractivity contribution in [3.63, 3.8) is 0 Å². The van der Waals surface area contributed by atoms with Crippen molar-refractivity contribution in [2.45, 2.75) is 19.6 Å². The van der Waals surface area contributed by atoms with E-state index in [0.29, 0.717) is 6.61 Å². The minimum atomic E-state index is -0.434. The summed E-state index contributed by atoms with van der Waals surface area (Å²) in [6.07, 6.45) is 0. The van der Waals surface area contributed by atoms with Crippen LogP contribution in [-0.2, 0) is 11.3 Å². The highest BCUT2D eigenvalue weighted by Crippen LogP contribution is 2.27. The molecule has 1 unspecified atom stereocenters. The zero-order valence-corrected chi connectivity index (χ0v) is 12.2. The number of ether oxygens (including phenoxy) is 1. The monoisotopic (exact) mass is 297 g/mol. The molecule has 5 heteroatoms. The van der Waals surface area contributed by atoms with Crippen molar-refractivity contribution in [3.05, 3.63) is 58.3 Å². The SMILES string of the molecule is CCNC(c1ccc(Cl)c(F)c1)c1ccc(COC)o1. The first-order valence-electron chi connectivity index (χ1n) is 6.41. The highest BCUT2D eigenvalue weighted by molar-refractivity contribution is 6.30. The summed E-state index contributed by atoms with van der Waals surface area (Å²) in [7, 11) is 1.61. The first-order chi connectivity index (χ1) is 9.65. The smallest absolute Gasteiger partial charge is 0.142 e. The molecule has 0 aliphatic heterocycles. The van der Waals surface area contributed by atoms with E-state index < -0.39 is 5.82 Å². The number of halogens is 2. The van der Waals surface area contributed by atoms with Gasteiger partial charge >= 0.3 is 0 Å². The normalized spacial score (nSPS) is 12.6. The molecule has 0 bridgehead atoms. The first-order valence-corrected chi connectivity index (χ1v) is 6.79. The molecular weight excluding hydrogens is 281 g/mol. The molecule has 108 valence electrons. The molecule has 2 aromatic rings. The van der Waals surface area contributed by atoms with Crippen molar-refractivity contribution in [2.75, 3.05) is 13.7 Å². The van der Waals surface area contributed by atoms with E-state index in [2.05, 4.69) is 5.32 Å². The second kappa shape index (κ2) is 6.88. The van der Waals surface area contributed by atoms with Gasteiger partial charge in [-0.3, -0.25) is 0 Å². The summed E-state index contributed by atoms with van der Waals surface area (Å²) in [6, 6.07) is 8.28. The van der Waals surface area contributed by atoms with Gasteiger partial charge in [-0.2, -0.15) is 0 Å². The Kier molecular flexibility index (Phi) is 5.17. The van der Waals surface area contributed by atoms with Crippen molar-refractivity contribution < 1.29 is 13.5 Å². The van der Waals surface area contributed by atoms with E-state index in [-0.39, 0.29) is 11.1 Å². The number of rotatable bonds is 6. The van der Waals surface area contributed by atoms with Gasteiger partial charge in [0.15, 0.2) is 0 Å². The minimum absolute atomic E-state index is 0.114. The summed E-state index contributed by atoms with van der Waals surface area (Å²) in [4.78, 5) is 0. The van der Waals surface area contributed by atoms with Crippen LogP contribution in [0.5, 0.6) is 0 Å². The van der Waals surface area contributed by atoms with Crippen LogP contribution in [0.3, 0.4) is 0 Å². The molecule has 0 spiro atoms. The Morgan fingerprint density at radius 1 is 1.35 bits per heavy atom. The maximum atomic E-state index is 13.6. The van der Waals surface area contributed by atoms with Crippen LogP contribution in [0.1, 0.15) is 30.0 Å². The maximum absolute atomic E-state index is 13.6. The van der Waals surface area contributed by atoms with Gasteiger partial charge in [0.05, 0.1) is 11.1 Å². The molecule has 0 fully saturated rings. The molecule has 1 atom stereocenters. The van der Waals surface area contributed by atoms with E-state index in [0.717, 1.165) is 23.6 Å². The zero-order chi connectivity index (χ0) is 14.5. The Morgan fingerprint density at radius 2 is 2.15 bits per heavy atom. The van der Waals surface area contributed by atoms with Crippen molar-refractivity contribution in [3.8, 4) is 0 Å². The average Bonchev–Trinajstić information content (AvgIpc) is 2.88. The molecule has 0 saturated heterocycles. The van der Waals surface area contributed by atoms with E-state index in [4.69, 9.17) is 20.8 Å². The fourth-order valence-electron chi connectivity index (χ4n) is 2.05. The molecule has 0 aliphatic rings. The minimum Gasteiger partial charge on any atom is -0.462 e. The van der Waals surface area contributed by atoms with Crippen LogP contribution in [-0.4, -0.2) is 13.7 Å². The van der Waals surface area contributed by atoms with Gasteiger partial charge < -0.3 is 14.5 Å². The van der Waals surface area contributed by atoms with E-state index >= 15 is 0 Å². The van der Waals surface area contributed by atoms with E-state index in [1.54, 1.807) is 19.2 Å². The highest BCUT2D eigenvalue weighted by atomic mass is 35.5. The molecular formula is C15H17ClFNO2. The van der Waals surface area contributed by atoms with Crippen LogP contribution < -0.4 is 5.32 Å². The lowest BCUT2D eigenvalue weighted by Crippen LogP contribution is -2.21. The predicted octanol–water partition coefficient (Wildman–Crippen LogP) is 3.92. The van der Waals surface area contributed by atoms with Crippen molar-refractivity contribution in [1.82, 2.24) is 5.32 Å². The number of hydrogen-bond donors (Lipinski definition) is 1. The summed E-state index contributed by atoms with van der Waals surface area (Å²) in [6.45, 7) is 3.13. The third kappa shape index (κ3) is 3.39. The summed E-state index contributed by atoms with van der Waals surface area (Å²) in [5, 5.41) is 3.39. The van der Waals surface area contributed by atoms with Crippen LogP contribution >= 0.6 is 11.6 Å². The number of furan rings is 1. The largest absolute Gasteiger partial charge is 0.462 e. The van der Waals surface area contributed by atoms with Crippen LogP contribution in [0.4, 0.5) is 4.39 Å². The predicted molar refractivity (Wildman–Crippen MR) is 76.4 cm³/mol. The summed E-state index contributed by atoms with van der Waals surface area (Å²) in [5.41, 5.74) is 0.770. The Labute approximate surface area is 122 Å². The van der Waals surface area contributed by atoms with Crippen LogP contribution in [0.2, 0.25) is 5.02 Å². The molecule has 0 aliphatic carbocycles. The van der Waals surface area contributed by atoms with Gasteiger partial charge in [0.1, 0.15) is 23.9 Å². The number of methoxy groups -OCH3 is 1. The maximum Gasteiger partial charge on any atom is 0.142 e. The number of hydrogen-bond acceptors (Lipinski definition) is 3. The van der Waals surface area contributed by atoms with Gasteiger partial charge in [-0.1, -0.05) is 24.6 Å². The lowest BCUT2D eigenvalue weighted by Gasteiger charge is -2.16. The van der Waals surface area contributed by atoms with Crippen LogP contribution in [0.25, 0.3) is 0 Å². The molecule has 0 amide bonds. The number of nitrogens with one attached hydrogen (secondary N) is 1. The van der Waals surface area contributed by atoms with Gasteiger partial charge in [0.2, 0.25) is 0 Å². The van der Waals surface area contributed by atoms with E-state index in [1.165, 1.54) is 6.07 Å². The van der Waals surface area contributed by atoms with Crippen molar-refractivity contribution in [1.29, 1.82) is 0 Å². The number of benzene rings is 1. The second-order valence-corrected chi connectivity index (χ2v) is 4.81. The third-order valence-corrected chi connectivity index (χ3v) is 3.25. The van der Waals surface area contributed by atoms with Gasteiger partial charge in [0, 0.05) is 7.11 Å². The lowest BCUT2D eigenvalue weighted by molar-refractivity contribution is 0.162. The molecule has 3 nitrogen and oxygen atoms in total. The first kappa shape index (κ1) is 15.0. The molecule has 1 aromatic carbocycles. The fraction of sp³-hybridized carbons (Fsp3) is 0.333. The molecule has 0 saturated carbocycles. The molecule has 2 rings (SSSR count). The van der Waals surface area contributed by atoms with Gasteiger partial charge in [0.25, 0.3) is 0 Å². The van der Waals surface area contributed by atoms with E-state index in [9.17, 15) is 4.39 Å². The highest BCUT2D eigenvalue weighted by Gasteiger charge is 2.18. The zero-order valence-electron chi connectivity index (χ0n) is 11.5. The summed E-state index contributed by atoms with van der Waals surface area (Å²) >= 11 is 5.72. The van der Waals surface area contributed by atoms with Crippen LogP contribution in [0.15, 0.2) is 34.7 Å². The Morgan fingerprint density at radius 3 is 2.80 bits per heavy atom. The quantitative estimate of drug-likeness (QED) is 0.877. The lowest BCUT2D eigenvalue weighted by atomic mass is 10.0. The summed E-state index contributed by atoms with van der Waals surface area (Å²) < 4.78 is 24.4. The Bertz CT molecular complexity index is 571. The second-order valence-electron chi connectivity index (χ2n) is 4.40. The topological polar surface area (TPSA) is 34.4 Å². The standard InChI is InChI=1S/C15H17ClFNO2/c1-3-18-15(10-4-6-12(16)13(17)8-10)14-7-5-11(20-14)9-19-2/h4-8,15,18H,3,9H2,1-2H3. The Balaban J connectivity index is 2.31. The Hall–Kier alpha value is -1.36. The summed E-state index contributed by atoms with van der Waals surface area (Å²) in [5.74, 6) is 1.02. The average molecular weight is 298 g/mol. The van der Waals surface area contributed by atoms with Crippen LogP contribution in [0, 0.1) is 5.82 Å². The molecule has 1 N–H and O–H groups in total. The van der Waals surface area contributed by atoms with Gasteiger partial charge in [-0.25, -0.2) is 4.39 Å². The van der Waals surface area contributed by atoms with Crippen molar-refractivity contribution >= 4 is 11.6 Å². The molecule has 1 aromatic heterocycles. The molecule has 1 heterocycles. The van der Waals surface area contributed by atoms with Crippen molar-refractivity contribution in [2.24, 2.45) is 0 Å². The molecule has 0 radical (unpaired) electrons. The molecule has 20 heavy (non-hydrogen) atoms. The van der Waals surface area contributed by atoms with Gasteiger partial charge in [-0.15, -0.1) is 0 Å². The fourth-order valence-corrected chi connectivity index (χ4v) is 2.17. The van der Waals surface area contributed by atoms with Gasteiger partial charge in [-0.05, 0) is 36.4 Å².